The number of nitrogens with one attached hydrogen (secondary N) is 1. The minimum atomic E-state index is -0.480. The summed E-state index contributed by atoms with van der Waals surface area (Å²) in [5.41, 5.74) is 8.31. The van der Waals surface area contributed by atoms with Crippen LogP contribution in [0.15, 0.2) is 22.7 Å². The summed E-state index contributed by atoms with van der Waals surface area (Å²) in [5.74, 6) is -0.0618. The lowest BCUT2D eigenvalue weighted by Crippen LogP contribution is -2.49. The minimum Gasteiger partial charge on any atom is -0.348 e. The van der Waals surface area contributed by atoms with Gasteiger partial charge in [-0.2, -0.15) is 0 Å². The smallest absolute Gasteiger partial charge is 0.237 e. The van der Waals surface area contributed by atoms with Crippen LogP contribution in [0.3, 0.4) is 0 Å². The molecule has 19 heavy (non-hydrogen) atoms. The summed E-state index contributed by atoms with van der Waals surface area (Å²) in [6, 6.07) is 5.86. The highest BCUT2D eigenvalue weighted by molar-refractivity contribution is 9.10. The number of halogens is 1. The summed E-state index contributed by atoms with van der Waals surface area (Å²) >= 11 is 3.48. The fourth-order valence-corrected chi connectivity index (χ4v) is 2.80. The normalized spacial score (nSPS) is 19.9. The van der Waals surface area contributed by atoms with Crippen molar-refractivity contribution in [3.05, 3.63) is 33.8 Å². The van der Waals surface area contributed by atoms with E-state index in [2.05, 4.69) is 33.4 Å². The molecule has 1 aromatic rings. The van der Waals surface area contributed by atoms with Crippen LogP contribution in [-0.4, -0.2) is 11.9 Å². The number of fused-ring (bicyclic) bond motifs is 1. The maximum Gasteiger partial charge on any atom is 0.237 e. The molecule has 0 saturated carbocycles. The van der Waals surface area contributed by atoms with E-state index in [4.69, 9.17) is 5.73 Å². The van der Waals surface area contributed by atoms with E-state index >= 15 is 0 Å². The van der Waals surface area contributed by atoms with Crippen LogP contribution >= 0.6 is 15.9 Å². The largest absolute Gasteiger partial charge is 0.348 e. The second-order valence-electron chi connectivity index (χ2n) is 6.29. The highest BCUT2D eigenvalue weighted by Gasteiger charge is 2.31. The fraction of sp³-hybridized carbons (Fsp3) is 0.533. The maximum atomic E-state index is 12.2. The number of rotatable bonds is 2. The van der Waals surface area contributed by atoms with Crippen molar-refractivity contribution in [3.63, 3.8) is 0 Å². The molecule has 0 aliphatic heterocycles. The van der Waals surface area contributed by atoms with Crippen molar-refractivity contribution in [1.82, 2.24) is 5.32 Å². The third kappa shape index (κ3) is 3.18. The molecule has 3 nitrogen and oxygen atoms in total. The number of amides is 1. The quantitative estimate of drug-likeness (QED) is 0.878. The fourth-order valence-electron chi connectivity index (χ4n) is 2.39. The number of nitrogens with two attached hydrogens (primary N) is 1. The van der Waals surface area contributed by atoms with Gasteiger partial charge in [-0.05, 0) is 41.5 Å². The van der Waals surface area contributed by atoms with Gasteiger partial charge >= 0.3 is 0 Å². The van der Waals surface area contributed by atoms with Gasteiger partial charge < -0.3 is 11.1 Å². The lowest BCUT2D eigenvalue weighted by Gasteiger charge is -2.27. The Balaban J connectivity index is 2.09. The molecule has 2 rings (SSSR count). The molecule has 1 aliphatic rings. The number of aryl methyl sites for hydroxylation is 1. The van der Waals surface area contributed by atoms with Crippen molar-refractivity contribution in [1.29, 1.82) is 0 Å². The Kier molecular flexibility index (Phi) is 4.02. The standard InChI is InChI=1S/C15H21BrN2O/c1-15(2,3)13(17)14(19)18-12-7-4-9-8-10(16)5-6-11(9)12/h5-6,8,12-13H,4,7,17H2,1-3H3,(H,18,19)/t12-,13?/m1/s1. The molecule has 2 atom stereocenters. The van der Waals surface area contributed by atoms with Gasteiger partial charge in [0.1, 0.15) is 0 Å². The van der Waals surface area contributed by atoms with Gasteiger partial charge in [-0.25, -0.2) is 0 Å². The number of carbonyl (C=O) groups is 1. The van der Waals surface area contributed by atoms with Gasteiger partial charge in [-0.3, -0.25) is 4.79 Å². The third-order valence-corrected chi connectivity index (χ3v) is 4.21. The van der Waals surface area contributed by atoms with Crippen molar-refractivity contribution < 1.29 is 4.79 Å². The molecule has 0 bridgehead atoms. The molecular weight excluding hydrogens is 304 g/mol. The highest BCUT2D eigenvalue weighted by Crippen LogP contribution is 2.33. The monoisotopic (exact) mass is 324 g/mol. The summed E-state index contributed by atoms with van der Waals surface area (Å²) < 4.78 is 1.09. The molecule has 1 amide bonds. The van der Waals surface area contributed by atoms with Gasteiger partial charge in [0.25, 0.3) is 0 Å². The van der Waals surface area contributed by atoms with Gasteiger partial charge in [0.15, 0.2) is 0 Å². The summed E-state index contributed by atoms with van der Waals surface area (Å²) in [4.78, 5) is 12.2. The maximum absolute atomic E-state index is 12.2. The van der Waals surface area contributed by atoms with Gasteiger partial charge in [0, 0.05) is 4.47 Å². The Labute approximate surface area is 123 Å². The van der Waals surface area contributed by atoms with Crippen LogP contribution in [0.5, 0.6) is 0 Å². The summed E-state index contributed by atoms with van der Waals surface area (Å²) in [7, 11) is 0. The minimum absolute atomic E-state index is 0.0618. The van der Waals surface area contributed by atoms with Crippen LogP contribution in [0, 0.1) is 5.41 Å². The molecule has 0 heterocycles. The number of benzene rings is 1. The predicted molar refractivity (Wildman–Crippen MR) is 80.8 cm³/mol. The van der Waals surface area contributed by atoms with Gasteiger partial charge in [0.05, 0.1) is 12.1 Å². The molecule has 1 aromatic carbocycles. The zero-order chi connectivity index (χ0) is 14.2. The molecule has 3 N–H and O–H groups in total. The predicted octanol–water partition coefficient (Wildman–Crippen LogP) is 2.93. The van der Waals surface area contributed by atoms with Crippen molar-refractivity contribution >= 4 is 21.8 Å². The van der Waals surface area contributed by atoms with E-state index in [9.17, 15) is 4.79 Å². The molecule has 0 aromatic heterocycles. The summed E-state index contributed by atoms with van der Waals surface area (Å²) in [6.45, 7) is 5.95. The highest BCUT2D eigenvalue weighted by atomic mass is 79.9. The van der Waals surface area contributed by atoms with E-state index in [1.807, 2.05) is 26.8 Å². The lowest BCUT2D eigenvalue weighted by molar-refractivity contribution is -0.125. The molecule has 1 aliphatic carbocycles. The van der Waals surface area contributed by atoms with Crippen molar-refractivity contribution in [2.45, 2.75) is 45.7 Å². The molecule has 4 heteroatoms. The molecule has 1 unspecified atom stereocenters. The first kappa shape index (κ1) is 14.5. The van der Waals surface area contributed by atoms with Gasteiger partial charge in [-0.1, -0.05) is 42.8 Å². The summed E-state index contributed by atoms with van der Waals surface area (Å²) in [5, 5.41) is 3.08. The van der Waals surface area contributed by atoms with Crippen molar-refractivity contribution in [3.8, 4) is 0 Å². The second-order valence-corrected chi connectivity index (χ2v) is 7.20. The first-order valence-corrected chi connectivity index (χ1v) is 7.42. The van der Waals surface area contributed by atoms with Crippen LogP contribution in [0.1, 0.15) is 44.4 Å². The molecule has 0 radical (unpaired) electrons. The molecule has 0 spiro atoms. The van der Waals surface area contributed by atoms with Crippen LogP contribution in [-0.2, 0) is 11.2 Å². The van der Waals surface area contributed by atoms with E-state index in [-0.39, 0.29) is 17.4 Å². The van der Waals surface area contributed by atoms with E-state index in [0.717, 1.165) is 17.3 Å². The Morgan fingerprint density at radius 2 is 2.16 bits per heavy atom. The molecular formula is C15H21BrN2O. The van der Waals surface area contributed by atoms with Crippen molar-refractivity contribution in [2.75, 3.05) is 0 Å². The van der Waals surface area contributed by atoms with E-state index in [1.54, 1.807) is 0 Å². The Bertz CT molecular complexity index is 493. The Morgan fingerprint density at radius 3 is 2.79 bits per heavy atom. The molecule has 0 fully saturated rings. The average molecular weight is 325 g/mol. The number of hydrogen-bond donors (Lipinski definition) is 2. The average Bonchev–Trinajstić information content (AvgIpc) is 2.69. The van der Waals surface area contributed by atoms with Gasteiger partial charge in [0.2, 0.25) is 5.91 Å². The number of hydrogen-bond acceptors (Lipinski definition) is 2. The van der Waals surface area contributed by atoms with Crippen LogP contribution < -0.4 is 11.1 Å². The topological polar surface area (TPSA) is 55.1 Å². The summed E-state index contributed by atoms with van der Waals surface area (Å²) in [6.07, 6.45) is 1.96. The van der Waals surface area contributed by atoms with Crippen LogP contribution in [0.4, 0.5) is 0 Å². The first-order chi connectivity index (χ1) is 8.79. The molecule has 0 saturated heterocycles. The lowest BCUT2D eigenvalue weighted by atomic mass is 9.86. The molecule has 104 valence electrons. The Morgan fingerprint density at radius 1 is 1.47 bits per heavy atom. The zero-order valence-electron chi connectivity index (χ0n) is 11.7. The first-order valence-electron chi connectivity index (χ1n) is 6.63. The van der Waals surface area contributed by atoms with E-state index in [0.29, 0.717) is 0 Å². The van der Waals surface area contributed by atoms with Crippen molar-refractivity contribution in [2.24, 2.45) is 11.1 Å². The van der Waals surface area contributed by atoms with Crippen LogP contribution in [0.25, 0.3) is 0 Å². The zero-order valence-corrected chi connectivity index (χ0v) is 13.3. The SMILES string of the molecule is CC(C)(C)C(N)C(=O)N[C@@H]1CCc2cc(Br)ccc21. The van der Waals surface area contributed by atoms with E-state index in [1.165, 1.54) is 11.1 Å². The third-order valence-electron chi connectivity index (χ3n) is 3.71. The number of carbonyl (C=O) groups excluding carboxylic acids is 1. The van der Waals surface area contributed by atoms with Gasteiger partial charge in [-0.15, -0.1) is 0 Å². The van der Waals surface area contributed by atoms with E-state index < -0.39 is 6.04 Å². The van der Waals surface area contributed by atoms with Crippen LogP contribution in [0.2, 0.25) is 0 Å². The second kappa shape index (κ2) is 5.25. The Hall–Kier alpha value is -0.870.